The molecule has 0 aromatic rings. The Balaban J connectivity index is 0.00000196. The molecule has 0 fully saturated rings. The predicted octanol–water partition coefficient (Wildman–Crippen LogP) is 3.69. The van der Waals surface area contributed by atoms with Gasteiger partial charge in [0, 0.05) is 5.92 Å². The average molecular weight is 235 g/mol. The number of rotatable bonds is 3. The molecule has 1 N–H and O–H groups in total. The Labute approximate surface area is 92.4 Å². The van der Waals surface area contributed by atoms with Gasteiger partial charge in [0.2, 0.25) is 0 Å². The highest BCUT2D eigenvalue weighted by Crippen LogP contribution is 2.44. The van der Waals surface area contributed by atoms with Crippen LogP contribution in [0.15, 0.2) is 11.4 Å². The molecule has 0 heterocycles. The van der Waals surface area contributed by atoms with E-state index in [2.05, 4.69) is 0 Å². The monoisotopic (exact) mass is 235 g/mol. The van der Waals surface area contributed by atoms with Crippen molar-refractivity contribution in [1.82, 2.24) is 0 Å². The number of hydrogen-bond acceptors (Lipinski definition) is 2. The molecule has 1 aliphatic rings. The van der Waals surface area contributed by atoms with Crippen LogP contribution in [0.5, 0.6) is 0 Å². The van der Waals surface area contributed by atoms with Gasteiger partial charge >= 0.3 is 7.80 Å². The van der Waals surface area contributed by atoms with E-state index in [9.17, 15) is 14.1 Å². The maximum absolute atomic E-state index is 13.4. The van der Waals surface area contributed by atoms with E-state index in [0.29, 0.717) is 18.2 Å². The van der Waals surface area contributed by atoms with Gasteiger partial charge in [-0.15, -0.1) is 0 Å². The Hall–Kier alpha value is -0.270. The Morgan fingerprint density at radius 2 is 2.20 bits per heavy atom. The highest BCUT2D eigenvalue weighted by molar-refractivity contribution is 7.45. The smallest absolute Gasteiger partial charge is 0.350 e. The molecule has 2 nitrogen and oxygen atoms in total. The first kappa shape index (κ1) is 14.7. The lowest BCUT2D eigenvalue weighted by atomic mass is 10.0. The lowest BCUT2D eigenvalue weighted by Crippen LogP contribution is -2.16. The Morgan fingerprint density at radius 1 is 1.67 bits per heavy atom. The Bertz CT molecular complexity index is 276. The molecule has 0 radical (unpaired) electrons. The molecule has 0 saturated carbocycles. The van der Waals surface area contributed by atoms with E-state index in [-0.39, 0.29) is 25.1 Å². The Morgan fingerprint density at radius 3 is 2.53 bits per heavy atom. The molecule has 4 heteroatoms. The highest BCUT2D eigenvalue weighted by atomic mass is 31.1. The molecule has 0 aromatic carbocycles. The third-order valence-electron chi connectivity index (χ3n) is 2.94. The zero-order valence-corrected chi connectivity index (χ0v) is 9.72. The van der Waals surface area contributed by atoms with Crippen molar-refractivity contribution in [3.8, 4) is 0 Å². The van der Waals surface area contributed by atoms with Gasteiger partial charge in [0.1, 0.15) is 12.0 Å². The van der Waals surface area contributed by atoms with Gasteiger partial charge in [-0.2, -0.15) is 0 Å². The van der Waals surface area contributed by atoms with Crippen molar-refractivity contribution in [3.63, 3.8) is 0 Å². The molecule has 0 bridgehead atoms. The number of halogens is 1. The second-order valence-electron chi connectivity index (χ2n) is 3.92. The van der Waals surface area contributed by atoms with Gasteiger partial charge in [0.05, 0.1) is 5.92 Å². The van der Waals surface area contributed by atoms with E-state index >= 15 is 0 Å². The molecule has 3 unspecified atom stereocenters. The minimum Gasteiger partial charge on any atom is -0.350 e. The van der Waals surface area contributed by atoms with Crippen molar-refractivity contribution in [2.75, 3.05) is 6.16 Å². The van der Waals surface area contributed by atoms with Gasteiger partial charge in [0.25, 0.3) is 5.85 Å². The molecule has 4 atom stereocenters. The van der Waals surface area contributed by atoms with Crippen molar-refractivity contribution >= 4 is 7.80 Å². The van der Waals surface area contributed by atoms with Gasteiger partial charge in [0.15, 0.2) is 0 Å². The first-order valence-corrected chi connectivity index (χ1v) is 6.48. The van der Waals surface area contributed by atoms with Crippen LogP contribution in [0.25, 0.3) is 0 Å². The van der Waals surface area contributed by atoms with Crippen molar-refractivity contribution in [1.29, 1.82) is 0 Å². The molecular formula is C11H21FO2P+. The van der Waals surface area contributed by atoms with Crippen LogP contribution in [0.4, 0.5) is 4.39 Å². The maximum Gasteiger partial charge on any atom is 0.370 e. The first-order valence-electron chi connectivity index (χ1n) is 4.97. The van der Waals surface area contributed by atoms with Crippen molar-refractivity contribution in [3.05, 3.63) is 11.4 Å². The zero-order chi connectivity index (χ0) is 10.9. The lowest BCUT2D eigenvalue weighted by molar-refractivity contribution is 0.195. The van der Waals surface area contributed by atoms with Gasteiger partial charge in [-0.05, 0) is 25.8 Å². The molecule has 0 aromatic heterocycles. The van der Waals surface area contributed by atoms with Crippen LogP contribution in [-0.4, -0.2) is 17.1 Å². The molecule has 1 rings (SSSR count). The largest absolute Gasteiger partial charge is 0.370 e. The average Bonchev–Trinajstić information content (AvgIpc) is 2.43. The molecule has 0 saturated heterocycles. The number of allylic oxidation sites excluding steroid dienone is 1. The summed E-state index contributed by atoms with van der Waals surface area (Å²) in [6.07, 6.45) is 1.04. The van der Waals surface area contributed by atoms with Crippen LogP contribution in [0.1, 0.15) is 34.6 Å². The van der Waals surface area contributed by atoms with Gasteiger partial charge in [-0.1, -0.05) is 18.9 Å². The van der Waals surface area contributed by atoms with Crippen molar-refractivity contribution in [2.45, 2.75) is 40.5 Å². The quantitative estimate of drug-likeness (QED) is 0.757. The van der Waals surface area contributed by atoms with Crippen molar-refractivity contribution < 1.29 is 14.1 Å². The van der Waals surface area contributed by atoms with Crippen LogP contribution >= 0.6 is 7.80 Å². The van der Waals surface area contributed by atoms with Gasteiger partial charge in [-0.3, -0.25) is 0 Å². The Kier molecular flexibility index (Phi) is 5.61. The summed E-state index contributed by atoms with van der Waals surface area (Å²) in [6.45, 7) is 5.26. The minimum absolute atomic E-state index is 0. The summed E-state index contributed by atoms with van der Waals surface area (Å²) in [5, 5.41) is 9.74. The van der Waals surface area contributed by atoms with E-state index in [4.69, 9.17) is 0 Å². The van der Waals surface area contributed by atoms with Crippen LogP contribution in [-0.2, 0) is 4.57 Å². The van der Waals surface area contributed by atoms with Crippen LogP contribution in [0.3, 0.4) is 0 Å². The summed E-state index contributed by atoms with van der Waals surface area (Å²) in [7, 11) is -1.61. The second kappa shape index (κ2) is 5.72. The van der Waals surface area contributed by atoms with Gasteiger partial charge < -0.3 is 5.11 Å². The molecule has 1 aliphatic carbocycles. The van der Waals surface area contributed by atoms with E-state index in [1.165, 1.54) is 0 Å². The fraction of sp³-hybridized carbons (Fsp3) is 0.818. The zero-order valence-electron chi connectivity index (χ0n) is 8.83. The first-order chi connectivity index (χ1) is 6.49. The molecule has 88 valence electrons. The van der Waals surface area contributed by atoms with E-state index < -0.39 is 13.6 Å². The summed E-state index contributed by atoms with van der Waals surface area (Å²) in [5.41, 5.74) is 0.585. The second-order valence-corrected chi connectivity index (χ2v) is 5.92. The van der Waals surface area contributed by atoms with E-state index in [1.54, 1.807) is 20.8 Å². The lowest BCUT2D eigenvalue weighted by Gasteiger charge is -2.10. The summed E-state index contributed by atoms with van der Waals surface area (Å²) in [4.78, 5) is 0. The summed E-state index contributed by atoms with van der Waals surface area (Å²) < 4.78 is 24.8. The van der Waals surface area contributed by atoms with Crippen LogP contribution in [0.2, 0.25) is 0 Å². The number of aliphatic hydroxyl groups is 1. The van der Waals surface area contributed by atoms with Gasteiger partial charge in [-0.25, -0.2) is 4.39 Å². The van der Waals surface area contributed by atoms with Crippen molar-refractivity contribution in [2.24, 2.45) is 11.8 Å². The predicted molar refractivity (Wildman–Crippen MR) is 62.0 cm³/mol. The SMILES string of the molecule is C.CC[P+](=O)C(O)[C@H]1CC(C)C(F)=C1C. The fourth-order valence-electron chi connectivity index (χ4n) is 1.96. The summed E-state index contributed by atoms with van der Waals surface area (Å²) in [6, 6.07) is 0. The molecule has 15 heavy (non-hydrogen) atoms. The third kappa shape index (κ3) is 2.85. The van der Waals surface area contributed by atoms with Crippen LogP contribution < -0.4 is 0 Å². The van der Waals surface area contributed by atoms with E-state index in [1.807, 2.05) is 0 Å². The fourth-order valence-corrected chi connectivity index (χ4v) is 3.08. The topological polar surface area (TPSA) is 37.3 Å². The third-order valence-corrected chi connectivity index (χ3v) is 4.51. The van der Waals surface area contributed by atoms with E-state index in [0.717, 1.165) is 0 Å². The number of aliphatic hydroxyl groups excluding tert-OH is 1. The standard InChI is InChI=1S/C10H17FO2P.CH4/c1-4-14(13)10(12)8-5-6(2)9(11)7(8)3;/h6,8,10,12H,4-5H2,1-3H3;1H4/q+1;/t6?,8-,10?;/m0./s1. The maximum atomic E-state index is 13.4. The number of hydrogen-bond donors (Lipinski definition) is 1. The molecular weight excluding hydrogens is 214 g/mol. The molecule has 0 spiro atoms. The highest BCUT2D eigenvalue weighted by Gasteiger charge is 2.41. The molecule has 0 amide bonds. The molecule has 0 aliphatic heterocycles. The summed E-state index contributed by atoms with van der Waals surface area (Å²) >= 11 is 0. The van der Waals surface area contributed by atoms with Crippen LogP contribution in [0, 0.1) is 11.8 Å². The normalized spacial score (nSPS) is 28.7. The summed E-state index contributed by atoms with van der Waals surface area (Å²) in [5.74, 6) is -1.37. The minimum atomic E-state index is -1.61.